The molecule has 146 valence electrons. The van der Waals surface area contributed by atoms with Crippen LogP contribution < -0.4 is 0 Å². The molecule has 0 amide bonds. The topological polar surface area (TPSA) is 50.3 Å². The quantitative estimate of drug-likeness (QED) is 0.580. The summed E-state index contributed by atoms with van der Waals surface area (Å²) in [5.74, 6) is 0.729. The van der Waals surface area contributed by atoms with E-state index in [-0.39, 0.29) is 10.1 Å². The van der Waals surface area contributed by atoms with Gasteiger partial charge in [-0.25, -0.2) is 8.42 Å². The predicted molar refractivity (Wildman–Crippen MR) is 117 cm³/mol. The summed E-state index contributed by atoms with van der Waals surface area (Å²) < 4.78 is 28.4. The molecule has 1 aliphatic rings. The molecule has 2 heterocycles. The summed E-state index contributed by atoms with van der Waals surface area (Å²) in [6.45, 7) is 2.82. The third-order valence-corrected chi connectivity index (χ3v) is 8.58. The van der Waals surface area contributed by atoms with Gasteiger partial charge in [-0.3, -0.25) is 4.98 Å². The van der Waals surface area contributed by atoms with E-state index in [9.17, 15) is 8.42 Å². The Morgan fingerprint density at radius 2 is 1.89 bits per heavy atom. The van der Waals surface area contributed by atoms with Crippen molar-refractivity contribution in [3.63, 3.8) is 0 Å². The molecule has 1 unspecified atom stereocenters. The average Bonchev–Trinajstić information content (AvgIpc) is 2.94. The van der Waals surface area contributed by atoms with Gasteiger partial charge >= 0.3 is 0 Å². The van der Waals surface area contributed by atoms with Crippen LogP contribution in [0, 0.1) is 6.92 Å². The van der Waals surface area contributed by atoms with E-state index in [0.717, 1.165) is 33.8 Å². The van der Waals surface area contributed by atoms with Gasteiger partial charge in [0.15, 0.2) is 0 Å². The monoisotopic (exact) mass is 432 g/mol. The lowest BCUT2D eigenvalue weighted by Crippen LogP contribution is -2.33. The lowest BCUT2D eigenvalue weighted by Gasteiger charge is -2.21. The van der Waals surface area contributed by atoms with Crippen LogP contribution in [0.3, 0.4) is 0 Å². The van der Waals surface area contributed by atoms with Crippen molar-refractivity contribution in [2.24, 2.45) is 0 Å². The zero-order valence-electron chi connectivity index (χ0n) is 15.5. The number of nitrogens with zero attached hydrogens (tertiary/aromatic N) is 2. The molecule has 4 nitrogen and oxygen atoms in total. The Morgan fingerprint density at radius 3 is 2.71 bits per heavy atom. The second kappa shape index (κ2) is 8.03. The number of hydrogen-bond donors (Lipinski definition) is 0. The summed E-state index contributed by atoms with van der Waals surface area (Å²) in [5.41, 5.74) is 2.43. The van der Waals surface area contributed by atoms with Gasteiger partial charge in [-0.2, -0.15) is 16.1 Å². The first-order valence-corrected chi connectivity index (χ1v) is 12.1. The van der Waals surface area contributed by atoms with Crippen molar-refractivity contribution in [3.8, 4) is 0 Å². The number of pyridine rings is 1. The Bertz CT molecular complexity index is 1120. The summed E-state index contributed by atoms with van der Waals surface area (Å²) >= 11 is 8.13. The normalized spacial score (nSPS) is 18.9. The van der Waals surface area contributed by atoms with E-state index >= 15 is 0 Å². The molecule has 1 atom stereocenters. The zero-order valence-corrected chi connectivity index (χ0v) is 17.9. The number of rotatable bonds is 3. The smallest absolute Gasteiger partial charge is 0.245 e. The molecule has 4 rings (SSSR count). The van der Waals surface area contributed by atoms with Gasteiger partial charge in [0.25, 0.3) is 0 Å². The molecule has 0 saturated carbocycles. The molecule has 1 fully saturated rings. The molecule has 1 aliphatic heterocycles. The SMILES string of the molecule is Cc1ccc2cccc(S(=O)(=O)N3CCSC(c4ccccc4Cl)CC3)c2n1. The van der Waals surface area contributed by atoms with E-state index < -0.39 is 10.0 Å². The molecule has 1 saturated heterocycles. The number of hydrogen-bond acceptors (Lipinski definition) is 4. The number of aromatic nitrogens is 1. The average molecular weight is 433 g/mol. The molecule has 0 radical (unpaired) electrons. The number of aryl methyl sites for hydroxylation is 1. The van der Waals surface area contributed by atoms with E-state index in [1.807, 2.05) is 49.4 Å². The number of thioether (sulfide) groups is 1. The van der Waals surface area contributed by atoms with Gasteiger partial charge in [-0.05, 0) is 37.1 Å². The molecule has 0 aliphatic carbocycles. The highest BCUT2D eigenvalue weighted by molar-refractivity contribution is 7.99. The first kappa shape index (κ1) is 19.7. The maximum absolute atomic E-state index is 13.4. The van der Waals surface area contributed by atoms with E-state index in [1.165, 1.54) is 0 Å². The van der Waals surface area contributed by atoms with Crippen LogP contribution in [-0.4, -0.2) is 36.5 Å². The molecule has 28 heavy (non-hydrogen) atoms. The van der Waals surface area contributed by atoms with Crippen LogP contribution in [0.25, 0.3) is 10.9 Å². The van der Waals surface area contributed by atoms with Crippen molar-refractivity contribution >= 4 is 44.3 Å². The van der Waals surface area contributed by atoms with Crippen molar-refractivity contribution in [3.05, 3.63) is 70.9 Å². The molecule has 7 heteroatoms. The lowest BCUT2D eigenvalue weighted by atomic mass is 10.1. The molecule has 2 aromatic carbocycles. The van der Waals surface area contributed by atoms with Gasteiger partial charge in [0.05, 0.1) is 5.52 Å². The Morgan fingerprint density at radius 1 is 1.07 bits per heavy atom. The van der Waals surface area contributed by atoms with Crippen molar-refractivity contribution in [2.45, 2.75) is 23.5 Å². The minimum Gasteiger partial charge on any atom is -0.252 e. The van der Waals surface area contributed by atoms with E-state index in [0.29, 0.717) is 18.6 Å². The van der Waals surface area contributed by atoms with Gasteiger partial charge in [0.1, 0.15) is 4.90 Å². The molecule has 3 aromatic rings. The summed E-state index contributed by atoms with van der Waals surface area (Å²) in [5, 5.41) is 1.77. The Balaban J connectivity index is 1.64. The largest absolute Gasteiger partial charge is 0.252 e. The van der Waals surface area contributed by atoms with Gasteiger partial charge in [-0.15, -0.1) is 0 Å². The zero-order chi connectivity index (χ0) is 19.7. The summed E-state index contributed by atoms with van der Waals surface area (Å²) in [4.78, 5) is 4.79. The fourth-order valence-electron chi connectivity index (χ4n) is 3.54. The Hall–Kier alpha value is -1.60. The second-order valence-electron chi connectivity index (χ2n) is 6.85. The fourth-order valence-corrected chi connectivity index (χ4v) is 6.87. The number of halogens is 1. The van der Waals surface area contributed by atoms with E-state index in [4.69, 9.17) is 11.6 Å². The molecular weight excluding hydrogens is 412 g/mol. The number of fused-ring (bicyclic) bond motifs is 1. The number of sulfonamides is 1. The summed E-state index contributed by atoms with van der Waals surface area (Å²) in [6, 6.07) is 17.0. The number of benzene rings is 2. The van der Waals surface area contributed by atoms with E-state index in [2.05, 4.69) is 4.98 Å². The van der Waals surface area contributed by atoms with Gasteiger partial charge in [-0.1, -0.05) is 48.0 Å². The van der Waals surface area contributed by atoms with Crippen LogP contribution in [0.1, 0.15) is 22.9 Å². The standard InChI is InChI=1S/C21H21ClN2O2S2/c1-15-9-10-16-5-4-8-20(21(16)23-15)28(25,26)24-12-11-19(27-14-13-24)17-6-2-3-7-18(17)22/h2-10,19H,11-14H2,1H3. The molecule has 0 spiro atoms. The summed E-state index contributed by atoms with van der Waals surface area (Å²) in [7, 11) is -3.62. The lowest BCUT2D eigenvalue weighted by molar-refractivity contribution is 0.428. The van der Waals surface area contributed by atoms with Gasteiger partial charge in [0.2, 0.25) is 10.0 Å². The van der Waals surface area contributed by atoms with Crippen LogP contribution in [0.5, 0.6) is 0 Å². The van der Waals surface area contributed by atoms with Crippen molar-refractivity contribution < 1.29 is 8.42 Å². The van der Waals surface area contributed by atoms with Crippen LogP contribution in [0.2, 0.25) is 5.02 Å². The third-order valence-electron chi connectivity index (χ3n) is 4.99. The van der Waals surface area contributed by atoms with Gasteiger partial charge in [0, 0.05) is 40.2 Å². The van der Waals surface area contributed by atoms with Crippen molar-refractivity contribution in [1.29, 1.82) is 0 Å². The molecule has 0 bridgehead atoms. The highest BCUT2D eigenvalue weighted by Crippen LogP contribution is 2.39. The second-order valence-corrected chi connectivity index (χ2v) is 10.5. The number of para-hydroxylation sites is 1. The van der Waals surface area contributed by atoms with Crippen LogP contribution in [-0.2, 0) is 10.0 Å². The Labute approximate surface area is 175 Å². The van der Waals surface area contributed by atoms with Crippen LogP contribution in [0.15, 0.2) is 59.5 Å². The highest BCUT2D eigenvalue weighted by Gasteiger charge is 2.30. The molecular formula is C21H21ClN2O2S2. The maximum Gasteiger partial charge on any atom is 0.245 e. The summed E-state index contributed by atoms with van der Waals surface area (Å²) in [6.07, 6.45) is 0.727. The predicted octanol–water partition coefficient (Wildman–Crippen LogP) is 5.07. The first-order valence-electron chi connectivity index (χ1n) is 9.19. The minimum absolute atomic E-state index is 0.196. The van der Waals surface area contributed by atoms with Crippen molar-refractivity contribution in [2.75, 3.05) is 18.8 Å². The van der Waals surface area contributed by atoms with Crippen molar-refractivity contribution in [1.82, 2.24) is 9.29 Å². The molecule has 0 N–H and O–H groups in total. The maximum atomic E-state index is 13.4. The fraction of sp³-hybridized carbons (Fsp3) is 0.286. The highest BCUT2D eigenvalue weighted by atomic mass is 35.5. The van der Waals surface area contributed by atoms with Gasteiger partial charge < -0.3 is 0 Å². The molecule has 1 aromatic heterocycles. The first-order chi connectivity index (χ1) is 13.5. The Kier molecular flexibility index (Phi) is 5.65. The van der Waals surface area contributed by atoms with E-state index in [1.54, 1.807) is 28.2 Å². The third kappa shape index (κ3) is 3.79. The van der Waals surface area contributed by atoms with Crippen LogP contribution in [0.4, 0.5) is 0 Å². The van der Waals surface area contributed by atoms with Crippen LogP contribution >= 0.6 is 23.4 Å². The minimum atomic E-state index is -3.62.